The van der Waals surface area contributed by atoms with Crippen molar-refractivity contribution in [3.05, 3.63) is 52.4 Å². The van der Waals surface area contributed by atoms with Gasteiger partial charge in [-0.25, -0.2) is 8.42 Å². The molecule has 1 aromatic heterocycles. The van der Waals surface area contributed by atoms with E-state index in [-0.39, 0.29) is 24.4 Å². The van der Waals surface area contributed by atoms with E-state index >= 15 is 0 Å². The van der Waals surface area contributed by atoms with Crippen molar-refractivity contribution in [3.8, 4) is 0 Å². The molecule has 2 aliphatic rings. The van der Waals surface area contributed by atoms with Crippen molar-refractivity contribution in [2.75, 3.05) is 20.1 Å². The van der Waals surface area contributed by atoms with Crippen LogP contribution < -0.4 is 0 Å². The zero-order chi connectivity index (χ0) is 20.6. The zero-order valence-electron chi connectivity index (χ0n) is 17.0. The van der Waals surface area contributed by atoms with Gasteiger partial charge in [0.15, 0.2) is 0 Å². The monoisotopic (exact) mass is 432 g/mol. The summed E-state index contributed by atoms with van der Waals surface area (Å²) in [5.41, 5.74) is 2.56. The molecule has 1 amide bonds. The lowest BCUT2D eigenvalue weighted by Crippen LogP contribution is -2.46. The minimum Gasteiger partial charge on any atom is -0.338 e. The number of fused-ring (bicyclic) bond motifs is 1. The number of thiophene rings is 1. The third-order valence-electron chi connectivity index (χ3n) is 6.20. The first kappa shape index (κ1) is 20.6. The largest absolute Gasteiger partial charge is 0.338 e. The second-order valence-corrected chi connectivity index (χ2v) is 11.6. The highest BCUT2D eigenvalue weighted by atomic mass is 32.2. The quantitative estimate of drug-likeness (QED) is 0.734. The van der Waals surface area contributed by atoms with E-state index in [1.54, 1.807) is 6.07 Å². The van der Waals surface area contributed by atoms with Crippen LogP contribution in [0.2, 0.25) is 0 Å². The molecule has 5 nitrogen and oxygen atoms in total. The fraction of sp³-hybridized carbons (Fsp3) is 0.500. The fourth-order valence-electron chi connectivity index (χ4n) is 4.61. The van der Waals surface area contributed by atoms with Crippen molar-refractivity contribution in [1.29, 1.82) is 0 Å². The second-order valence-electron chi connectivity index (χ2n) is 8.12. The molecule has 1 saturated heterocycles. The predicted octanol–water partition coefficient (Wildman–Crippen LogP) is 3.99. The maximum Gasteiger partial charge on any atom is 0.252 e. The third kappa shape index (κ3) is 4.00. The standard InChI is InChI=1S/C22H28N2O3S2/c1-16-12-13-21(28-16)29(26,27)24-14-6-9-18(15-24)22(25)23(2)20-11-5-8-17-7-3-4-10-19(17)20/h3-4,7,10,12-13,18,20H,5-6,8-9,11,14-15H2,1-2H3/t18-,20-/m0/s1. The first-order chi connectivity index (χ1) is 13.9. The van der Waals surface area contributed by atoms with Gasteiger partial charge in [-0.2, -0.15) is 4.31 Å². The van der Waals surface area contributed by atoms with E-state index in [0.29, 0.717) is 10.8 Å². The second kappa shape index (κ2) is 8.20. The van der Waals surface area contributed by atoms with Gasteiger partial charge in [-0.1, -0.05) is 24.3 Å². The summed E-state index contributed by atoms with van der Waals surface area (Å²) in [6.45, 7) is 2.67. The van der Waals surface area contributed by atoms with E-state index in [4.69, 9.17) is 0 Å². The van der Waals surface area contributed by atoms with Gasteiger partial charge >= 0.3 is 0 Å². The number of nitrogens with zero attached hydrogens (tertiary/aromatic N) is 2. The molecule has 29 heavy (non-hydrogen) atoms. The molecular formula is C22H28N2O3S2. The number of rotatable bonds is 4. The molecule has 1 fully saturated rings. The van der Waals surface area contributed by atoms with Crippen molar-refractivity contribution in [2.45, 2.75) is 49.3 Å². The molecule has 0 saturated carbocycles. The topological polar surface area (TPSA) is 57.7 Å². The fourth-order valence-corrected chi connectivity index (χ4v) is 7.57. The van der Waals surface area contributed by atoms with Crippen LogP contribution >= 0.6 is 11.3 Å². The molecule has 1 aliphatic carbocycles. The van der Waals surface area contributed by atoms with Gasteiger partial charge in [0.05, 0.1) is 12.0 Å². The molecule has 7 heteroatoms. The van der Waals surface area contributed by atoms with Gasteiger partial charge in [0.2, 0.25) is 5.91 Å². The average molecular weight is 433 g/mol. The van der Waals surface area contributed by atoms with Crippen molar-refractivity contribution in [1.82, 2.24) is 9.21 Å². The molecule has 4 rings (SSSR count). The van der Waals surface area contributed by atoms with Gasteiger partial charge in [0.25, 0.3) is 10.0 Å². The molecule has 0 N–H and O–H groups in total. The SMILES string of the molecule is Cc1ccc(S(=O)(=O)N2CCC[C@H](C(=O)N(C)[C@H]3CCCc4ccccc43)C2)s1. The molecule has 0 unspecified atom stereocenters. The molecule has 1 aromatic carbocycles. The Hall–Kier alpha value is -1.70. The molecule has 1 aliphatic heterocycles. The van der Waals surface area contributed by atoms with Crippen molar-refractivity contribution in [3.63, 3.8) is 0 Å². The minimum absolute atomic E-state index is 0.0639. The van der Waals surface area contributed by atoms with E-state index in [2.05, 4.69) is 18.2 Å². The van der Waals surface area contributed by atoms with Crippen LogP contribution in [0.4, 0.5) is 0 Å². The summed E-state index contributed by atoms with van der Waals surface area (Å²) in [4.78, 5) is 16.2. The van der Waals surface area contributed by atoms with Crippen LogP contribution in [0, 0.1) is 12.8 Å². The Morgan fingerprint density at radius 1 is 1.14 bits per heavy atom. The summed E-state index contributed by atoms with van der Waals surface area (Å²) in [6, 6.07) is 12.0. The molecule has 2 atom stereocenters. The number of carbonyl (C=O) groups is 1. The molecule has 156 valence electrons. The summed E-state index contributed by atoms with van der Waals surface area (Å²) < 4.78 is 27.9. The highest BCUT2D eigenvalue weighted by Crippen LogP contribution is 2.35. The highest BCUT2D eigenvalue weighted by molar-refractivity contribution is 7.91. The number of piperidine rings is 1. The Morgan fingerprint density at radius 3 is 2.69 bits per heavy atom. The van der Waals surface area contributed by atoms with Crippen LogP contribution in [0.15, 0.2) is 40.6 Å². The smallest absolute Gasteiger partial charge is 0.252 e. The van der Waals surface area contributed by atoms with Gasteiger partial charge in [-0.15, -0.1) is 11.3 Å². The summed E-state index contributed by atoms with van der Waals surface area (Å²) in [5, 5.41) is 0. The molecule has 2 aromatic rings. The van der Waals surface area contributed by atoms with Gasteiger partial charge in [-0.05, 0) is 62.3 Å². The number of hydrogen-bond donors (Lipinski definition) is 0. The first-order valence-corrected chi connectivity index (χ1v) is 12.5. The van der Waals surface area contributed by atoms with Crippen LogP contribution in [0.5, 0.6) is 0 Å². The Morgan fingerprint density at radius 2 is 1.93 bits per heavy atom. The van der Waals surface area contributed by atoms with Crippen LogP contribution in [0.25, 0.3) is 0 Å². The van der Waals surface area contributed by atoms with Crippen LogP contribution in [0.3, 0.4) is 0 Å². The Kier molecular flexibility index (Phi) is 5.82. The van der Waals surface area contributed by atoms with Crippen molar-refractivity contribution < 1.29 is 13.2 Å². The predicted molar refractivity (Wildman–Crippen MR) is 115 cm³/mol. The lowest BCUT2D eigenvalue weighted by molar-refractivity contribution is -0.138. The van der Waals surface area contributed by atoms with E-state index < -0.39 is 10.0 Å². The number of amides is 1. The number of carbonyl (C=O) groups excluding carboxylic acids is 1. The summed E-state index contributed by atoms with van der Waals surface area (Å²) in [6.07, 6.45) is 4.55. The minimum atomic E-state index is -3.53. The van der Waals surface area contributed by atoms with Crippen molar-refractivity contribution >= 4 is 27.3 Å². The summed E-state index contributed by atoms with van der Waals surface area (Å²) >= 11 is 1.29. The maximum absolute atomic E-state index is 13.3. The number of aryl methyl sites for hydroxylation is 2. The van der Waals surface area contributed by atoms with Crippen LogP contribution in [-0.2, 0) is 21.2 Å². The third-order valence-corrected chi connectivity index (χ3v) is 9.53. The van der Waals surface area contributed by atoms with Gasteiger partial charge in [0, 0.05) is 25.0 Å². The number of benzene rings is 1. The molecule has 0 spiro atoms. The number of hydrogen-bond acceptors (Lipinski definition) is 4. The van der Waals surface area contributed by atoms with E-state index in [1.807, 2.05) is 31.0 Å². The highest BCUT2D eigenvalue weighted by Gasteiger charge is 2.37. The summed E-state index contributed by atoms with van der Waals surface area (Å²) in [7, 11) is -1.65. The van der Waals surface area contributed by atoms with E-state index in [1.165, 1.54) is 26.8 Å². The molecular weight excluding hydrogens is 404 g/mol. The zero-order valence-corrected chi connectivity index (χ0v) is 18.6. The Labute approximate surface area is 177 Å². The van der Waals surface area contributed by atoms with Gasteiger partial charge in [-0.3, -0.25) is 4.79 Å². The number of sulfonamides is 1. The molecule has 0 bridgehead atoms. The van der Waals surface area contributed by atoms with Crippen molar-refractivity contribution in [2.24, 2.45) is 5.92 Å². The van der Waals surface area contributed by atoms with Crippen LogP contribution in [-0.4, -0.2) is 43.7 Å². The average Bonchev–Trinajstić information content (AvgIpc) is 3.19. The Bertz CT molecular complexity index is 999. The molecule has 0 radical (unpaired) electrons. The van der Waals surface area contributed by atoms with Gasteiger partial charge in [0.1, 0.15) is 4.21 Å². The molecule has 2 heterocycles. The maximum atomic E-state index is 13.3. The van der Waals surface area contributed by atoms with E-state index in [0.717, 1.165) is 37.0 Å². The van der Waals surface area contributed by atoms with Gasteiger partial charge < -0.3 is 4.90 Å². The van der Waals surface area contributed by atoms with E-state index in [9.17, 15) is 13.2 Å². The first-order valence-electron chi connectivity index (χ1n) is 10.3. The summed E-state index contributed by atoms with van der Waals surface area (Å²) in [5.74, 6) is -0.215. The lowest BCUT2D eigenvalue weighted by Gasteiger charge is -2.38. The lowest BCUT2D eigenvalue weighted by atomic mass is 9.86. The van der Waals surface area contributed by atoms with Crippen LogP contribution in [0.1, 0.15) is 47.7 Å². The normalized spacial score (nSPS) is 22.8. The Balaban J connectivity index is 1.51.